The number of nitrogens with zero attached hydrogens (tertiary/aromatic N) is 1. The number of rotatable bonds is 6. The highest BCUT2D eigenvalue weighted by Gasteiger charge is 2.07. The number of halogens is 1. The molecule has 0 aliphatic rings. The maximum absolute atomic E-state index is 12.8. The summed E-state index contributed by atoms with van der Waals surface area (Å²) in [6, 6.07) is 11.7. The Balaban J connectivity index is 1.95. The van der Waals surface area contributed by atoms with E-state index in [0.29, 0.717) is 0 Å². The first-order valence-corrected chi connectivity index (χ1v) is 8.38. The van der Waals surface area contributed by atoms with Crippen molar-refractivity contribution in [2.45, 2.75) is 20.8 Å². The van der Waals surface area contributed by atoms with Crippen LogP contribution in [0.25, 0.3) is 6.08 Å². The first-order chi connectivity index (χ1) is 12.0. The van der Waals surface area contributed by atoms with Gasteiger partial charge in [-0.25, -0.2) is 9.18 Å². The van der Waals surface area contributed by atoms with Crippen LogP contribution < -0.4 is 15.5 Å². The summed E-state index contributed by atoms with van der Waals surface area (Å²) in [7, 11) is 0. The Morgan fingerprint density at radius 2 is 1.80 bits per heavy atom. The Morgan fingerprint density at radius 1 is 1.12 bits per heavy atom. The summed E-state index contributed by atoms with van der Waals surface area (Å²) >= 11 is 0. The molecule has 0 aliphatic heterocycles. The molecule has 0 unspecified atom stereocenters. The van der Waals surface area contributed by atoms with Crippen LogP contribution in [0.3, 0.4) is 0 Å². The van der Waals surface area contributed by atoms with Crippen molar-refractivity contribution in [1.29, 1.82) is 0 Å². The van der Waals surface area contributed by atoms with E-state index in [0.717, 1.165) is 35.6 Å². The van der Waals surface area contributed by atoms with Gasteiger partial charge in [-0.1, -0.05) is 12.1 Å². The zero-order valence-corrected chi connectivity index (χ0v) is 14.8. The number of amides is 2. The fourth-order valence-electron chi connectivity index (χ4n) is 2.52. The number of carbonyl (C=O) groups excluding carboxylic acids is 1. The molecule has 0 saturated heterocycles. The predicted molar refractivity (Wildman–Crippen MR) is 102 cm³/mol. The summed E-state index contributed by atoms with van der Waals surface area (Å²) < 4.78 is 12.8. The molecule has 2 rings (SSSR count). The third kappa shape index (κ3) is 5.35. The van der Waals surface area contributed by atoms with Gasteiger partial charge in [0.1, 0.15) is 5.82 Å². The smallest absolute Gasteiger partial charge is 0.323 e. The molecule has 0 atom stereocenters. The zero-order chi connectivity index (χ0) is 18.2. The number of hydrogen-bond acceptors (Lipinski definition) is 2. The molecule has 2 amide bonds. The molecule has 0 saturated carbocycles. The lowest BCUT2D eigenvalue weighted by Crippen LogP contribution is -2.25. The molecule has 132 valence electrons. The van der Waals surface area contributed by atoms with E-state index in [-0.39, 0.29) is 11.8 Å². The molecule has 0 bridgehead atoms. The third-order valence-corrected chi connectivity index (χ3v) is 3.95. The van der Waals surface area contributed by atoms with Gasteiger partial charge in [-0.15, -0.1) is 0 Å². The lowest BCUT2D eigenvalue weighted by Gasteiger charge is -2.22. The van der Waals surface area contributed by atoms with Gasteiger partial charge in [0.2, 0.25) is 0 Å². The number of hydrogen-bond donors (Lipinski definition) is 2. The first kappa shape index (κ1) is 18.5. The predicted octanol–water partition coefficient (Wildman–Crippen LogP) is 4.77. The third-order valence-electron chi connectivity index (χ3n) is 3.95. The van der Waals surface area contributed by atoms with Crippen LogP contribution in [0.1, 0.15) is 25.0 Å². The van der Waals surface area contributed by atoms with E-state index in [1.165, 1.54) is 18.3 Å². The Bertz CT molecular complexity index is 737. The van der Waals surface area contributed by atoms with Crippen LogP contribution in [-0.4, -0.2) is 19.1 Å². The number of aryl methyl sites for hydroxylation is 1. The molecule has 0 aromatic heterocycles. The fourth-order valence-corrected chi connectivity index (χ4v) is 2.52. The standard InChI is InChI=1S/C20H24FN3O/c1-4-24(5-2)18-10-11-19(15(3)14-18)23-20(25)22-13-12-16-6-8-17(21)9-7-16/h6-14H,4-5H2,1-3H3,(H2,22,23,25)/b13-12+. The topological polar surface area (TPSA) is 44.4 Å². The van der Waals surface area contributed by atoms with Gasteiger partial charge in [0, 0.05) is 30.7 Å². The van der Waals surface area contributed by atoms with Crippen molar-refractivity contribution in [3.8, 4) is 0 Å². The quantitative estimate of drug-likeness (QED) is 0.795. The number of anilines is 2. The van der Waals surface area contributed by atoms with Gasteiger partial charge < -0.3 is 15.5 Å². The lowest BCUT2D eigenvalue weighted by molar-refractivity contribution is 0.255. The SMILES string of the molecule is CCN(CC)c1ccc(NC(=O)N/C=C/c2ccc(F)cc2)c(C)c1. The Kier molecular flexibility index (Phi) is 6.57. The maximum atomic E-state index is 12.8. The van der Waals surface area contributed by atoms with E-state index < -0.39 is 0 Å². The minimum absolute atomic E-state index is 0.286. The van der Waals surface area contributed by atoms with E-state index in [2.05, 4.69) is 35.4 Å². The summed E-state index contributed by atoms with van der Waals surface area (Å²) in [5, 5.41) is 5.47. The molecule has 0 heterocycles. The normalized spacial score (nSPS) is 10.7. The van der Waals surface area contributed by atoms with Crippen molar-refractivity contribution in [2.24, 2.45) is 0 Å². The Morgan fingerprint density at radius 3 is 2.40 bits per heavy atom. The highest BCUT2D eigenvalue weighted by Crippen LogP contribution is 2.22. The second kappa shape index (κ2) is 8.87. The molecule has 0 spiro atoms. The van der Waals surface area contributed by atoms with E-state index in [4.69, 9.17) is 0 Å². The summed E-state index contributed by atoms with van der Waals surface area (Å²) in [5.74, 6) is -0.286. The summed E-state index contributed by atoms with van der Waals surface area (Å²) in [6.45, 7) is 8.09. The van der Waals surface area contributed by atoms with Crippen LogP contribution >= 0.6 is 0 Å². The van der Waals surface area contributed by atoms with Crippen LogP contribution in [0, 0.1) is 12.7 Å². The molecule has 5 heteroatoms. The average molecular weight is 341 g/mol. The van der Waals surface area contributed by atoms with E-state index in [9.17, 15) is 9.18 Å². The summed E-state index contributed by atoms with van der Waals surface area (Å²) in [5.41, 5.74) is 3.72. The van der Waals surface area contributed by atoms with Gasteiger partial charge >= 0.3 is 6.03 Å². The van der Waals surface area contributed by atoms with Crippen molar-refractivity contribution in [1.82, 2.24) is 5.32 Å². The zero-order valence-electron chi connectivity index (χ0n) is 14.8. The van der Waals surface area contributed by atoms with Gasteiger partial charge in [-0.3, -0.25) is 0 Å². The van der Waals surface area contributed by atoms with Gasteiger partial charge in [0.05, 0.1) is 0 Å². The summed E-state index contributed by atoms with van der Waals surface area (Å²) in [4.78, 5) is 14.2. The van der Waals surface area contributed by atoms with E-state index in [1.54, 1.807) is 18.2 Å². The minimum Gasteiger partial charge on any atom is -0.372 e. The van der Waals surface area contributed by atoms with Crippen LogP contribution in [0.4, 0.5) is 20.6 Å². The second-order valence-electron chi connectivity index (χ2n) is 5.65. The van der Waals surface area contributed by atoms with E-state index >= 15 is 0 Å². The molecule has 4 nitrogen and oxygen atoms in total. The minimum atomic E-state index is -0.322. The number of carbonyl (C=O) groups is 1. The first-order valence-electron chi connectivity index (χ1n) is 8.38. The molecule has 0 radical (unpaired) electrons. The average Bonchev–Trinajstić information content (AvgIpc) is 2.60. The van der Waals surface area contributed by atoms with Crippen LogP contribution in [0.2, 0.25) is 0 Å². The number of urea groups is 1. The fraction of sp³-hybridized carbons (Fsp3) is 0.250. The Hall–Kier alpha value is -2.82. The second-order valence-corrected chi connectivity index (χ2v) is 5.65. The van der Waals surface area contributed by atoms with Crippen LogP contribution in [-0.2, 0) is 0 Å². The Labute approximate surface area is 148 Å². The van der Waals surface area contributed by atoms with Crippen LogP contribution in [0.5, 0.6) is 0 Å². The van der Waals surface area contributed by atoms with Gasteiger partial charge in [0.15, 0.2) is 0 Å². The monoisotopic (exact) mass is 341 g/mol. The van der Waals surface area contributed by atoms with Crippen molar-refractivity contribution in [2.75, 3.05) is 23.3 Å². The maximum Gasteiger partial charge on any atom is 0.323 e. The molecule has 0 aliphatic carbocycles. The largest absolute Gasteiger partial charge is 0.372 e. The molecule has 2 aromatic carbocycles. The van der Waals surface area contributed by atoms with Crippen LogP contribution in [0.15, 0.2) is 48.7 Å². The highest BCUT2D eigenvalue weighted by molar-refractivity contribution is 5.91. The van der Waals surface area contributed by atoms with Crippen molar-refractivity contribution >= 4 is 23.5 Å². The molecule has 0 fully saturated rings. The number of benzene rings is 2. The summed E-state index contributed by atoms with van der Waals surface area (Å²) in [6.07, 6.45) is 3.23. The highest BCUT2D eigenvalue weighted by atomic mass is 19.1. The van der Waals surface area contributed by atoms with Gasteiger partial charge in [0.25, 0.3) is 0 Å². The number of nitrogens with one attached hydrogen (secondary N) is 2. The molecular formula is C20H24FN3O. The van der Waals surface area contributed by atoms with Gasteiger partial charge in [-0.05, 0) is 68.3 Å². The molecule has 2 N–H and O–H groups in total. The van der Waals surface area contributed by atoms with Crippen molar-refractivity contribution in [3.05, 3.63) is 65.6 Å². The molecular weight excluding hydrogens is 317 g/mol. The molecule has 2 aromatic rings. The van der Waals surface area contributed by atoms with Crippen molar-refractivity contribution < 1.29 is 9.18 Å². The van der Waals surface area contributed by atoms with E-state index in [1.807, 2.05) is 19.1 Å². The molecule has 25 heavy (non-hydrogen) atoms. The van der Waals surface area contributed by atoms with Gasteiger partial charge in [-0.2, -0.15) is 0 Å². The van der Waals surface area contributed by atoms with Crippen molar-refractivity contribution in [3.63, 3.8) is 0 Å². The lowest BCUT2D eigenvalue weighted by atomic mass is 10.1.